The van der Waals surface area contributed by atoms with Gasteiger partial charge in [0.05, 0.1) is 19.3 Å². The molecule has 2 fully saturated rings. The number of hydrogen-bond donors (Lipinski definition) is 0. The number of halogens is 1. The molecule has 0 bridgehead atoms. The fourth-order valence-corrected chi connectivity index (χ4v) is 6.33. The normalized spacial score (nSPS) is 19.5. The summed E-state index contributed by atoms with van der Waals surface area (Å²) in [5.74, 6) is 2.26. The highest BCUT2D eigenvalue weighted by Gasteiger charge is 2.28. The molecular formula is C33H41FN6O3. The van der Waals surface area contributed by atoms with Crippen molar-refractivity contribution in [2.45, 2.75) is 76.0 Å². The molecule has 3 aromatic rings. The molecule has 6 rings (SSSR count). The van der Waals surface area contributed by atoms with Crippen molar-refractivity contribution in [3.05, 3.63) is 65.1 Å². The van der Waals surface area contributed by atoms with Crippen LogP contribution in [0.3, 0.4) is 0 Å². The molecule has 1 atom stereocenters. The second-order valence-electron chi connectivity index (χ2n) is 12.2. The van der Waals surface area contributed by atoms with Crippen LogP contribution in [0.25, 0.3) is 0 Å². The Morgan fingerprint density at radius 3 is 2.53 bits per heavy atom. The van der Waals surface area contributed by atoms with E-state index in [0.29, 0.717) is 50.7 Å². The van der Waals surface area contributed by atoms with E-state index in [0.717, 1.165) is 42.0 Å². The smallest absolute Gasteiger partial charge is 0.253 e. The van der Waals surface area contributed by atoms with Crippen molar-refractivity contribution in [3.8, 4) is 11.5 Å². The van der Waals surface area contributed by atoms with Crippen molar-refractivity contribution >= 4 is 17.9 Å². The summed E-state index contributed by atoms with van der Waals surface area (Å²) in [6.07, 6.45) is 11.9. The summed E-state index contributed by atoms with van der Waals surface area (Å²) in [5, 5.41) is 8.25. The standard InChI is InChI=1S/C33H41FN6O3/c1-38(2)32-22-40(37-36-32)21-23-16-26(34)19-29(17-23)42-27-11-14-39(15-12-27)33(41)25-8-9-31(43-28-10-13-35-20-28)30(18-25)24-6-4-3-5-7-24/h8-9,13,16-19,22,24,27-28H,3-7,10-12,14-15,20-21H2,1-2H3/t28-/m0/s1. The molecular weight excluding hydrogens is 547 g/mol. The number of aromatic nitrogens is 3. The molecule has 0 unspecified atom stereocenters. The molecule has 0 radical (unpaired) electrons. The van der Waals surface area contributed by atoms with E-state index >= 15 is 0 Å². The number of anilines is 1. The van der Waals surface area contributed by atoms with E-state index in [1.807, 2.05) is 54.5 Å². The van der Waals surface area contributed by atoms with Crippen molar-refractivity contribution in [1.29, 1.82) is 0 Å². The summed E-state index contributed by atoms with van der Waals surface area (Å²) in [4.78, 5) is 21.7. The second kappa shape index (κ2) is 13.1. The van der Waals surface area contributed by atoms with E-state index in [-0.39, 0.29) is 23.9 Å². The first-order valence-electron chi connectivity index (χ1n) is 15.5. The van der Waals surface area contributed by atoms with Gasteiger partial charge in [-0.15, -0.1) is 5.10 Å². The summed E-state index contributed by atoms with van der Waals surface area (Å²) >= 11 is 0. The summed E-state index contributed by atoms with van der Waals surface area (Å²) < 4.78 is 28.7. The van der Waals surface area contributed by atoms with Gasteiger partial charge in [0.15, 0.2) is 5.82 Å². The molecule has 10 heteroatoms. The zero-order valence-corrected chi connectivity index (χ0v) is 25.1. The quantitative estimate of drug-likeness (QED) is 0.329. The number of amides is 1. The first-order valence-corrected chi connectivity index (χ1v) is 15.5. The highest BCUT2D eigenvalue weighted by atomic mass is 19.1. The van der Waals surface area contributed by atoms with Crippen molar-refractivity contribution in [2.75, 3.05) is 38.6 Å². The van der Waals surface area contributed by atoms with Crippen molar-refractivity contribution in [2.24, 2.45) is 4.99 Å². The van der Waals surface area contributed by atoms with Crippen LogP contribution in [0.2, 0.25) is 0 Å². The van der Waals surface area contributed by atoms with Gasteiger partial charge in [0.25, 0.3) is 5.91 Å². The Labute approximate surface area is 252 Å². The number of rotatable bonds is 9. The lowest BCUT2D eigenvalue weighted by Crippen LogP contribution is -2.41. The molecule has 0 spiro atoms. The van der Waals surface area contributed by atoms with Crippen LogP contribution in [0.4, 0.5) is 10.2 Å². The van der Waals surface area contributed by atoms with Crippen LogP contribution in [0, 0.1) is 5.82 Å². The highest BCUT2D eigenvalue weighted by molar-refractivity contribution is 5.94. The van der Waals surface area contributed by atoms with Gasteiger partial charge in [-0.1, -0.05) is 24.5 Å². The minimum atomic E-state index is -0.352. The first kappa shape index (κ1) is 29.1. The van der Waals surface area contributed by atoms with Crippen LogP contribution in [-0.2, 0) is 6.54 Å². The van der Waals surface area contributed by atoms with E-state index in [1.165, 1.54) is 37.0 Å². The second-order valence-corrected chi connectivity index (χ2v) is 12.2. The molecule has 2 aliphatic heterocycles. The predicted molar refractivity (Wildman–Crippen MR) is 164 cm³/mol. The fraction of sp³-hybridized carbons (Fsp3) is 0.515. The minimum absolute atomic E-state index is 0.0456. The number of likely N-dealkylation sites (tertiary alicyclic amines) is 1. The van der Waals surface area contributed by atoms with Gasteiger partial charge in [0.2, 0.25) is 0 Å². The molecule has 3 heterocycles. The van der Waals surface area contributed by atoms with Gasteiger partial charge in [-0.3, -0.25) is 9.79 Å². The summed E-state index contributed by atoms with van der Waals surface area (Å²) in [7, 11) is 3.80. The van der Waals surface area contributed by atoms with Crippen LogP contribution >= 0.6 is 0 Å². The van der Waals surface area contributed by atoms with E-state index in [1.54, 1.807) is 4.68 Å². The van der Waals surface area contributed by atoms with Crippen LogP contribution in [0.1, 0.15) is 78.8 Å². The lowest BCUT2D eigenvalue weighted by Gasteiger charge is -2.33. The number of benzene rings is 2. The molecule has 0 N–H and O–H groups in total. The van der Waals surface area contributed by atoms with Crippen molar-refractivity contribution in [1.82, 2.24) is 19.9 Å². The molecule has 3 aliphatic rings. The SMILES string of the molecule is CN(C)c1cn(Cc2cc(F)cc(OC3CCN(C(=O)c4ccc(O[C@H]5CC=NC5)c(C5CCCCC5)c4)CC3)c2)nn1. The van der Waals surface area contributed by atoms with Gasteiger partial charge in [0.1, 0.15) is 29.5 Å². The molecule has 1 amide bonds. The lowest BCUT2D eigenvalue weighted by molar-refractivity contribution is 0.0595. The topological polar surface area (TPSA) is 85.1 Å². The predicted octanol–water partition coefficient (Wildman–Crippen LogP) is 5.48. The average molecular weight is 589 g/mol. The van der Waals surface area contributed by atoms with E-state index < -0.39 is 0 Å². The number of aliphatic imine (C=N–C) groups is 1. The minimum Gasteiger partial charge on any atom is -0.490 e. The van der Waals surface area contributed by atoms with Crippen LogP contribution in [0.15, 0.2) is 47.6 Å². The van der Waals surface area contributed by atoms with E-state index in [2.05, 4.69) is 21.4 Å². The molecule has 1 aromatic heterocycles. The van der Waals surface area contributed by atoms with Gasteiger partial charge >= 0.3 is 0 Å². The van der Waals surface area contributed by atoms with Gasteiger partial charge in [-0.25, -0.2) is 9.07 Å². The molecule has 1 saturated carbocycles. The first-order chi connectivity index (χ1) is 20.9. The van der Waals surface area contributed by atoms with Gasteiger partial charge in [0, 0.05) is 64.3 Å². The number of carbonyl (C=O) groups excluding carboxylic acids is 1. The Balaban J connectivity index is 1.08. The third-order valence-corrected chi connectivity index (χ3v) is 8.69. The maximum absolute atomic E-state index is 14.5. The third kappa shape index (κ3) is 7.17. The van der Waals surface area contributed by atoms with Gasteiger partial charge in [-0.05, 0) is 60.2 Å². The monoisotopic (exact) mass is 588 g/mol. The van der Waals surface area contributed by atoms with Crippen molar-refractivity contribution < 1.29 is 18.7 Å². The Bertz CT molecular complexity index is 1430. The number of piperidine rings is 1. The molecule has 228 valence electrons. The van der Waals surface area contributed by atoms with Gasteiger partial charge < -0.3 is 19.3 Å². The molecule has 9 nitrogen and oxygen atoms in total. The summed E-state index contributed by atoms with van der Waals surface area (Å²) in [5.41, 5.74) is 2.64. The van der Waals surface area contributed by atoms with Crippen LogP contribution in [0.5, 0.6) is 11.5 Å². The molecule has 2 aromatic carbocycles. The van der Waals surface area contributed by atoms with Crippen LogP contribution < -0.4 is 14.4 Å². The zero-order valence-electron chi connectivity index (χ0n) is 25.1. The maximum atomic E-state index is 14.5. The molecule has 1 aliphatic carbocycles. The largest absolute Gasteiger partial charge is 0.490 e. The zero-order chi connectivity index (χ0) is 29.8. The summed E-state index contributed by atoms with van der Waals surface area (Å²) in [6, 6.07) is 10.7. The Morgan fingerprint density at radius 2 is 1.81 bits per heavy atom. The highest BCUT2D eigenvalue weighted by Crippen LogP contribution is 2.39. The molecule has 1 saturated heterocycles. The van der Waals surface area contributed by atoms with Crippen molar-refractivity contribution in [3.63, 3.8) is 0 Å². The number of hydrogen-bond acceptors (Lipinski definition) is 7. The third-order valence-electron chi connectivity index (χ3n) is 8.69. The maximum Gasteiger partial charge on any atom is 0.253 e. The lowest BCUT2D eigenvalue weighted by atomic mass is 9.83. The average Bonchev–Trinajstić information content (AvgIpc) is 3.70. The van der Waals surface area contributed by atoms with Crippen LogP contribution in [-0.4, -0.2) is 78.0 Å². The fourth-order valence-electron chi connectivity index (χ4n) is 6.33. The number of nitrogens with zero attached hydrogens (tertiary/aromatic N) is 6. The summed E-state index contributed by atoms with van der Waals surface area (Å²) in [6.45, 7) is 2.27. The number of carbonyl (C=O) groups is 1. The van der Waals surface area contributed by atoms with E-state index in [4.69, 9.17) is 9.47 Å². The Hall–Kier alpha value is -3.95. The molecule has 43 heavy (non-hydrogen) atoms. The van der Waals surface area contributed by atoms with E-state index in [9.17, 15) is 9.18 Å². The number of ether oxygens (including phenoxy) is 2. The van der Waals surface area contributed by atoms with Gasteiger partial charge in [-0.2, -0.15) is 0 Å². The Morgan fingerprint density at radius 1 is 1.00 bits per heavy atom. The Kier molecular flexibility index (Phi) is 8.90.